The highest BCUT2D eigenvalue weighted by atomic mass is 16.4. The normalized spacial score (nSPS) is 10.1. The summed E-state index contributed by atoms with van der Waals surface area (Å²) in [5.41, 5.74) is 0. The standard InChI is InChI=1S/C11H13N5O2/c1-16(6-11(17)18)10-5-9(13-7-14-10)15-8-3-2-4-12-8/h2-5,7,12H,6H2,1H3,(H,17,18)(H,13,14,15). The van der Waals surface area contributed by atoms with Crippen LogP contribution in [0.2, 0.25) is 0 Å². The summed E-state index contributed by atoms with van der Waals surface area (Å²) in [4.78, 5) is 23.2. The van der Waals surface area contributed by atoms with Crippen molar-refractivity contribution in [3.63, 3.8) is 0 Å². The fraction of sp³-hybridized carbons (Fsp3) is 0.182. The van der Waals surface area contributed by atoms with Crippen molar-refractivity contribution in [2.45, 2.75) is 0 Å². The van der Waals surface area contributed by atoms with Crippen LogP contribution >= 0.6 is 0 Å². The highest BCUT2D eigenvalue weighted by Crippen LogP contribution is 2.16. The maximum absolute atomic E-state index is 10.6. The van der Waals surface area contributed by atoms with Crippen LogP contribution in [0.25, 0.3) is 0 Å². The zero-order valence-electron chi connectivity index (χ0n) is 9.79. The number of aromatic amines is 1. The van der Waals surface area contributed by atoms with Gasteiger partial charge in [0.25, 0.3) is 0 Å². The predicted octanol–water partition coefficient (Wildman–Crippen LogP) is 1.07. The minimum atomic E-state index is -0.907. The molecule has 0 aliphatic heterocycles. The first-order valence-electron chi connectivity index (χ1n) is 5.30. The lowest BCUT2D eigenvalue weighted by molar-refractivity contribution is -0.135. The monoisotopic (exact) mass is 247 g/mol. The van der Waals surface area contributed by atoms with Gasteiger partial charge in [-0.25, -0.2) is 9.97 Å². The first kappa shape index (κ1) is 11.9. The molecule has 3 N–H and O–H groups in total. The molecular formula is C11H13N5O2. The van der Waals surface area contributed by atoms with E-state index in [0.717, 1.165) is 5.82 Å². The molecule has 0 unspecified atom stereocenters. The SMILES string of the molecule is CN(CC(=O)O)c1cc(Nc2ccc[nH]2)ncn1. The summed E-state index contributed by atoms with van der Waals surface area (Å²) in [6, 6.07) is 5.41. The smallest absolute Gasteiger partial charge is 0.323 e. The number of aromatic nitrogens is 3. The summed E-state index contributed by atoms with van der Waals surface area (Å²) in [5.74, 6) is 1.04. The third kappa shape index (κ3) is 2.97. The molecular weight excluding hydrogens is 234 g/mol. The molecule has 0 bridgehead atoms. The molecule has 0 radical (unpaired) electrons. The van der Waals surface area contributed by atoms with Gasteiger partial charge in [-0.2, -0.15) is 0 Å². The molecule has 2 aromatic rings. The maximum atomic E-state index is 10.6. The van der Waals surface area contributed by atoms with Gasteiger partial charge in [-0.1, -0.05) is 0 Å². The number of nitrogens with zero attached hydrogens (tertiary/aromatic N) is 3. The van der Waals surface area contributed by atoms with Crippen molar-refractivity contribution in [1.29, 1.82) is 0 Å². The number of rotatable bonds is 5. The van der Waals surface area contributed by atoms with Gasteiger partial charge in [-0.3, -0.25) is 4.79 Å². The second-order valence-electron chi connectivity index (χ2n) is 3.72. The number of anilines is 3. The number of hydrogen-bond donors (Lipinski definition) is 3. The highest BCUT2D eigenvalue weighted by molar-refractivity contribution is 5.73. The van der Waals surface area contributed by atoms with E-state index >= 15 is 0 Å². The molecule has 18 heavy (non-hydrogen) atoms. The number of carbonyl (C=O) groups is 1. The Morgan fingerprint density at radius 2 is 2.39 bits per heavy atom. The molecule has 0 aromatic carbocycles. The van der Waals surface area contributed by atoms with Gasteiger partial charge in [-0.15, -0.1) is 0 Å². The van der Waals surface area contributed by atoms with Gasteiger partial charge in [-0.05, 0) is 12.1 Å². The van der Waals surface area contributed by atoms with E-state index in [-0.39, 0.29) is 6.54 Å². The van der Waals surface area contributed by atoms with E-state index in [1.54, 1.807) is 19.3 Å². The molecule has 0 amide bonds. The molecule has 0 atom stereocenters. The van der Waals surface area contributed by atoms with Crippen molar-refractivity contribution in [3.05, 3.63) is 30.7 Å². The third-order valence-electron chi connectivity index (χ3n) is 2.28. The molecule has 7 nitrogen and oxygen atoms in total. The average Bonchev–Trinajstić information content (AvgIpc) is 2.81. The molecule has 0 aliphatic carbocycles. The highest BCUT2D eigenvalue weighted by Gasteiger charge is 2.08. The van der Waals surface area contributed by atoms with E-state index in [1.165, 1.54) is 11.2 Å². The number of H-pyrrole nitrogens is 1. The summed E-state index contributed by atoms with van der Waals surface area (Å²) in [5, 5.41) is 11.8. The number of hydrogen-bond acceptors (Lipinski definition) is 5. The van der Waals surface area contributed by atoms with Gasteiger partial charge in [0, 0.05) is 19.3 Å². The molecule has 0 aliphatic rings. The minimum absolute atomic E-state index is 0.112. The number of likely N-dealkylation sites (N-methyl/N-ethyl adjacent to an activating group) is 1. The zero-order chi connectivity index (χ0) is 13.0. The van der Waals surface area contributed by atoms with Gasteiger partial charge >= 0.3 is 5.97 Å². The fourth-order valence-corrected chi connectivity index (χ4v) is 1.45. The Kier molecular flexibility index (Phi) is 3.42. The predicted molar refractivity (Wildman–Crippen MR) is 67.0 cm³/mol. The summed E-state index contributed by atoms with van der Waals surface area (Å²) < 4.78 is 0. The molecule has 2 heterocycles. The van der Waals surface area contributed by atoms with Crippen LogP contribution < -0.4 is 10.2 Å². The first-order chi connectivity index (χ1) is 8.65. The van der Waals surface area contributed by atoms with Crippen molar-refractivity contribution in [2.75, 3.05) is 23.8 Å². The van der Waals surface area contributed by atoms with Crippen LogP contribution in [0.15, 0.2) is 30.7 Å². The van der Waals surface area contributed by atoms with Crippen molar-refractivity contribution < 1.29 is 9.90 Å². The van der Waals surface area contributed by atoms with E-state index in [1.807, 2.05) is 12.1 Å². The van der Waals surface area contributed by atoms with E-state index in [4.69, 9.17) is 5.11 Å². The van der Waals surface area contributed by atoms with E-state index in [2.05, 4.69) is 20.3 Å². The topological polar surface area (TPSA) is 94.1 Å². The Balaban J connectivity index is 2.12. The van der Waals surface area contributed by atoms with Gasteiger partial charge < -0.3 is 20.3 Å². The molecule has 0 spiro atoms. The first-order valence-corrected chi connectivity index (χ1v) is 5.30. The molecule has 7 heteroatoms. The minimum Gasteiger partial charge on any atom is -0.480 e. The second kappa shape index (κ2) is 5.17. The average molecular weight is 247 g/mol. The Hall–Kier alpha value is -2.57. The fourth-order valence-electron chi connectivity index (χ4n) is 1.45. The van der Waals surface area contributed by atoms with Crippen molar-refractivity contribution in [3.8, 4) is 0 Å². The Bertz CT molecular complexity index is 526. The molecule has 2 aromatic heterocycles. The van der Waals surface area contributed by atoms with Gasteiger partial charge in [0.15, 0.2) is 0 Å². The molecule has 0 saturated carbocycles. The van der Waals surface area contributed by atoms with E-state index in [9.17, 15) is 4.79 Å². The summed E-state index contributed by atoms with van der Waals surface area (Å²) >= 11 is 0. The maximum Gasteiger partial charge on any atom is 0.323 e. The number of carboxylic acids is 1. The zero-order valence-corrected chi connectivity index (χ0v) is 9.79. The van der Waals surface area contributed by atoms with Crippen LogP contribution in [0.5, 0.6) is 0 Å². The Morgan fingerprint density at radius 3 is 3.06 bits per heavy atom. The summed E-state index contributed by atoms with van der Waals surface area (Å²) in [6.45, 7) is -0.112. The quantitative estimate of drug-likeness (QED) is 0.731. The second-order valence-corrected chi connectivity index (χ2v) is 3.72. The van der Waals surface area contributed by atoms with Crippen molar-refractivity contribution in [2.24, 2.45) is 0 Å². The largest absolute Gasteiger partial charge is 0.480 e. The summed E-state index contributed by atoms with van der Waals surface area (Å²) in [6.07, 6.45) is 3.18. The van der Waals surface area contributed by atoms with Crippen LogP contribution in [0, 0.1) is 0 Å². The van der Waals surface area contributed by atoms with Crippen LogP contribution in [-0.2, 0) is 4.79 Å². The molecule has 2 rings (SSSR count). The van der Waals surface area contributed by atoms with Crippen molar-refractivity contribution in [1.82, 2.24) is 15.0 Å². The van der Waals surface area contributed by atoms with Crippen molar-refractivity contribution >= 4 is 23.4 Å². The summed E-state index contributed by atoms with van der Waals surface area (Å²) in [7, 11) is 1.66. The van der Waals surface area contributed by atoms with Crippen LogP contribution in [0.1, 0.15) is 0 Å². The number of carboxylic acid groups (broad SMARTS) is 1. The Morgan fingerprint density at radius 1 is 1.56 bits per heavy atom. The van der Waals surface area contributed by atoms with Crippen LogP contribution in [-0.4, -0.2) is 39.6 Å². The molecule has 0 fully saturated rings. The van der Waals surface area contributed by atoms with E-state index in [0.29, 0.717) is 11.6 Å². The van der Waals surface area contributed by atoms with Crippen LogP contribution in [0.4, 0.5) is 17.5 Å². The third-order valence-corrected chi connectivity index (χ3v) is 2.28. The number of nitrogens with one attached hydrogen (secondary N) is 2. The lowest BCUT2D eigenvalue weighted by Gasteiger charge is -2.15. The Labute approximate surface area is 103 Å². The number of aliphatic carboxylic acids is 1. The molecule has 0 saturated heterocycles. The van der Waals surface area contributed by atoms with Crippen LogP contribution in [0.3, 0.4) is 0 Å². The van der Waals surface area contributed by atoms with Gasteiger partial charge in [0.1, 0.15) is 30.3 Å². The molecule has 94 valence electrons. The lowest BCUT2D eigenvalue weighted by atomic mass is 10.4. The van der Waals surface area contributed by atoms with Gasteiger partial charge in [0.05, 0.1) is 0 Å². The lowest BCUT2D eigenvalue weighted by Crippen LogP contribution is -2.26. The van der Waals surface area contributed by atoms with E-state index < -0.39 is 5.97 Å². The van der Waals surface area contributed by atoms with Gasteiger partial charge in [0.2, 0.25) is 0 Å².